The summed E-state index contributed by atoms with van der Waals surface area (Å²) >= 11 is 0. The van der Waals surface area contributed by atoms with Gasteiger partial charge in [-0.3, -0.25) is 14.9 Å². The Morgan fingerprint density at radius 3 is 2.08 bits per heavy atom. The molecule has 39 heavy (non-hydrogen) atoms. The van der Waals surface area contributed by atoms with E-state index in [1.54, 1.807) is 24.3 Å². The molecule has 13 heteroatoms. The van der Waals surface area contributed by atoms with E-state index in [1.165, 1.54) is 10.4 Å². The molecule has 210 valence electrons. The molecule has 5 rings (SSSR count). The molecule has 3 fully saturated rings. The minimum Gasteiger partial charge on any atom is -0.371 e. The molecule has 1 aromatic heterocycles. The van der Waals surface area contributed by atoms with Gasteiger partial charge in [0.25, 0.3) is 0 Å². The third-order valence-corrected chi connectivity index (χ3v) is 9.82. The monoisotopic (exact) mass is 565 g/mol. The van der Waals surface area contributed by atoms with Crippen molar-refractivity contribution >= 4 is 33.3 Å². The van der Waals surface area contributed by atoms with Crippen LogP contribution in [0.1, 0.15) is 44.1 Å². The van der Waals surface area contributed by atoms with Crippen LogP contribution in [0.3, 0.4) is 0 Å². The van der Waals surface area contributed by atoms with E-state index in [2.05, 4.69) is 20.5 Å². The molecule has 2 amide bonds. The van der Waals surface area contributed by atoms with Crippen LogP contribution < -0.4 is 15.5 Å². The zero-order valence-electron chi connectivity index (χ0n) is 21.2. The summed E-state index contributed by atoms with van der Waals surface area (Å²) in [5, 5.41) is 5.46. The third kappa shape index (κ3) is 6.03. The number of benzene rings is 1. The number of anilines is 2. The van der Waals surface area contributed by atoms with Crippen molar-refractivity contribution in [2.75, 3.05) is 36.4 Å². The van der Waals surface area contributed by atoms with Crippen LogP contribution >= 0.6 is 0 Å². The molecule has 0 aliphatic carbocycles. The number of hydrogen-bond acceptors (Lipinski definition) is 7. The molecule has 2 aromatic rings. The Hall–Kier alpha value is -3.19. The van der Waals surface area contributed by atoms with Crippen molar-refractivity contribution in [2.45, 2.75) is 55.6 Å². The van der Waals surface area contributed by atoms with Gasteiger partial charge in [-0.25, -0.2) is 13.4 Å². The summed E-state index contributed by atoms with van der Waals surface area (Å²) < 4.78 is 66.1. The maximum atomic E-state index is 13.2. The number of aromatic nitrogens is 1. The van der Waals surface area contributed by atoms with E-state index in [1.807, 2.05) is 0 Å². The predicted molar refractivity (Wildman–Crippen MR) is 137 cm³/mol. The first-order valence-electron chi connectivity index (χ1n) is 12.9. The number of imide groups is 1. The molecule has 0 saturated carbocycles. The fourth-order valence-corrected chi connectivity index (χ4v) is 7.12. The van der Waals surface area contributed by atoms with Gasteiger partial charge >= 0.3 is 6.18 Å². The standard InChI is InChI=1S/C26H30F3N5O4S/c27-26(28,29)18-1-6-22(30-17-18)31-19-7-11-34(12-8-19)39(37,38)21-4-2-20(3-5-21)33-13-9-25(10-14-33)15-23(35)32-24(36)16-25/h1-6,17,19H,7-16H2,(H,30,31)(H,32,35,36). The van der Waals surface area contributed by atoms with Crippen molar-refractivity contribution in [1.82, 2.24) is 14.6 Å². The maximum Gasteiger partial charge on any atom is 0.417 e. The average molecular weight is 566 g/mol. The second-order valence-corrected chi connectivity index (χ2v) is 12.5. The van der Waals surface area contributed by atoms with E-state index in [0.29, 0.717) is 44.6 Å². The summed E-state index contributed by atoms with van der Waals surface area (Å²) in [6, 6.07) is 8.92. The lowest BCUT2D eigenvalue weighted by molar-refractivity contribution is -0.139. The molecular weight excluding hydrogens is 535 g/mol. The highest BCUT2D eigenvalue weighted by atomic mass is 32.2. The number of carbonyl (C=O) groups excluding carboxylic acids is 2. The molecule has 1 spiro atoms. The smallest absolute Gasteiger partial charge is 0.371 e. The summed E-state index contributed by atoms with van der Waals surface area (Å²) in [4.78, 5) is 29.9. The van der Waals surface area contributed by atoms with E-state index in [4.69, 9.17) is 0 Å². The number of halogens is 3. The molecule has 4 heterocycles. The van der Waals surface area contributed by atoms with Gasteiger partial charge in [-0.15, -0.1) is 0 Å². The molecule has 2 N–H and O–H groups in total. The molecule has 0 bridgehead atoms. The van der Waals surface area contributed by atoms with Gasteiger partial charge in [0.15, 0.2) is 0 Å². The number of sulfonamides is 1. The average Bonchev–Trinajstić information content (AvgIpc) is 2.89. The number of nitrogens with zero attached hydrogens (tertiary/aromatic N) is 3. The highest BCUT2D eigenvalue weighted by molar-refractivity contribution is 7.89. The molecule has 0 radical (unpaired) electrons. The van der Waals surface area contributed by atoms with Crippen LogP contribution in [-0.2, 0) is 25.8 Å². The fraction of sp³-hybridized carbons (Fsp3) is 0.500. The molecule has 1 aromatic carbocycles. The fourth-order valence-electron chi connectivity index (χ4n) is 5.65. The second kappa shape index (κ2) is 10.4. The van der Waals surface area contributed by atoms with Gasteiger partial charge in [0.1, 0.15) is 5.82 Å². The highest BCUT2D eigenvalue weighted by Crippen LogP contribution is 2.41. The molecule has 9 nitrogen and oxygen atoms in total. The zero-order valence-corrected chi connectivity index (χ0v) is 22.0. The van der Waals surface area contributed by atoms with Crippen molar-refractivity contribution in [1.29, 1.82) is 0 Å². The third-order valence-electron chi connectivity index (χ3n) is 7.91. The van der Waals surface area contributed by atoms with E-state index in [9.17, 15) is 31.2 Å². The topological polar surface area (TPSA) is 112 Å². The normalized spacial score (nSPS) is 21.2. The van der Waals surface area contributed by atoms with Gasteiger partial charge in [-0.1, -0.05) is 0 Å². The molecule has 0 unspecified atom stereocenters. The quantitative estimate of drug-likeness (QED) is 0.535. The number of hydrogen-bond donors (Lipinski definition) is 2. The van der Waals surface area contributed by atoms with Crippen LogP contribution in [-0.4, -0.2) is 61.7 Å². The van der Waals surface area contributed by atoms with Crippen LogP contribution in [0.15, 0.2) is 47.5 Å². The van der Waals surface area contributed by atoms with E-state index >= 15 is 0 Å². The molecular formula is C26H30F3N5O4S. The van der Waals surface area contributed by atoms with E-state index in [0.717, 1.165) is 30.8 Å². The van der Waals surface area contributed by atoms with Crippen molar-refractivity contribution in [3.63, 3.8) is 0 Å². The molecule has 3 saturated heterocycles. The van der Waals surface area contributed by atoms with Gasteiger partial charge < -0.3 is 10.2 Å². The minimum absolute atomic E-state index is 0.101. The Morgan fingerprint density at radius 2 is 1.54 bits per heavy atom. The first-order valence-corrected chi connectivity index (χ1v) is 14.4. The van der Waals surface area contributed by atoms with E-state index < -0.39 is 21.8 Å². The highest BCUT2D eigenvalue weighted by Gasteiger charge is 2.42. The Labute approximate surface area is 224 Å². The van der Waals surface area contributed by atoms with Crippen molar-refractivity contribution < 1.29 is 31.2 Å². The van der Waals surface area contributed by atoms with Gasteiger partial charge in [0.05, 0.1) is 10.5 Å². The lowest BCUT2D eigenvalue weighted by Crippen LogP contribution is -2.50. The van der Waals surface area contributed by atoms with Gasteiger partial charge in [-0.05, 0) is 67.5 Å². The van der Waals surface area contributed by atoms with Crippen LogP contribution in [0, 0.1) is 5.41 Å². The van der Waals surface area contributed by atoms with Crippen LogP contribution in [0.2, 0.25) is 0 Å². The number of alkyl halides is 3. The van der Waals surface area contributed by atoms with Crippen molar-refractivity contribution in [3.8, 4) is 0 Å². The SMILES string of the molecule is O=C1CC2(CCN(c3ccc(S(=O)(=O)N4CCC(Nc5ccc(C(F)(F)F)cn5)CC4)cc3)CC2)CC(=O)N1. The van der Waals surface area contributed by atoms with Crippen LogP contribution in [0.4, 0.5) is 24.7 Å². The second-order valence-electron chi connectivity index (χ2n) is 10.6. The molecule has 3 aliphatic heterocycles. The first kappa shape index (κ1) is 27.4. The number of carbonyl (C=O) groups is 2. The number of pyridine rings is 1. The van der Waals surface area contributed by atoms with Crippen LogP contribution in [0.5, 0.6) is 0 Å². The number of nitrogens with one attached hydrogen (secondary N) is 2. The number of amides is 2. The van der Waals surface area contributed by atoms with Gasteiger partial charge in [0, 0.05) is 56.9 Å². The summed E-state index contributed by atoms with van der Waals surface area (Å²) in [6.07, 6.45) is -0.521. The van der Waals surface area contributed by atoms with Crippen molar-refractivity contribution in [2.24, 2.45) is 5.41 Å². The summed E-state index contributed by atoms with van der Waals surface area (Å²) in [7, 11) is -3.70. The Morgan fingerprint density at radius 1 is 0.923 bits per heavy atom. The maximum absolute atomic E-state index is 13.2. The summed E-state index contributed by atoms with van der Waals surface area (Å²) in [5.41, 5.74) is -0.218. The van der Waals surface area contributed by atoms with Crippen LogP contribution in [0.25, 0.3) is 0 Å². The zero-order chi connectivity index (χ0) is 27.8. The Kier molecular flexibility index (Phi) is 7.31. The number of piperidine rings is 3. The first-order chi connectivity index (χ1) is 18.4. The lowest BCUT2D eigenvalue weighted by Gasteiger charge is -2.43. The predicted octanol–water partition coefficient (Wildman–Crippen LogP) is 3.39. The number of rotatable bonds is 5. The summed E-state index contributed by atoms with van der Waals surface area (Å²) in [5.74, 6) is -0.113. The Balaban J connectivity index is 1.15. The lowest BCUT2D eigenvalue weighted by atomic mass is 9.71. The summed E-state index contributed by atoms with van der Waals surface area (Å²) in [6.45, 7) is 1.92. The largest absolute Gasteiger partial charge is 0.417 e. The van der Waals surface area contributed by atoms with E-state index in [-0.39, 0.29) is 41.3 Å². The molecule has 3 aliphatic rings. The Bertz CT molecular complexity index is 1300. The van der Waals surface area contributed by atoms with Gasteiger partial charge in [-0.2, -0.15) is 17.5 Å². The van der Waals surface area contributed by atoms with Gasteiger partial charge in [0.2, 0.25) is 21.8 Å². The van der Waals surface area contributed by atoms with Crippen molar-refractivity contribution in [3.05, 3.63) is 48.2 Å². The minimum atomic E-state index is -4.45. The molecule has 0 atom stereocenters.